The Labute approximate surface area is 185 Å². The zero-order valence-corrected chi connectivity index (χ0v) is 18.4. The van der Waals surface area contributed by atoms with Gasteiger partial charge in [-0.2, -0.15) is 0 Å². The second-order valence-electron chi connectivity index (χ2n) is 7.58. The summed E-state index contributed by atoms with van der Waals surface area (Å²) in [5.41, 5.74) is 4.76. The van der Waals surface area contributed by atoms with Crippen molar-refractivity contribution in [3.8, 4) is 11.1 Å². The molecule has 2 aromatic carbocycles. The first-order chi connectivity index (χ1) is 14.8. The van der Waals surface area contributed by atoms with Gasteiger partial charge < -0.3 is 15.7 Å². The van der Waals surface area contributed by atoms with Gasteiger partial charge in [0.05, 0.1) is 17.6 Å². The second-order valence-corrected chi connectivity index (χ2v) is 7.58. The van der Waals surface area contributed by atoms with Crippen molar-refractivity contribution in [2.24, 2.45) is 16.3 Å². The monoisotopic (exact) mass is 455 g/mol. The van der Waals surface area contributed by atoms with Crippen LogP contribution in [0.4, 0.5) is 13.2 Å². The fourth-order valence-electron chi connectivity index (χ4n) is 4.06. The van der Waals surface area contributed by atoms with E-state index in [0.29, 0.717) is 18.5 Å². The average molecular weight is 456 g/mol. The van der Waals surface area contributed by atoms with E-state index < -0.39 is 35.4 Å². The normalized spacial score (nSPS) is 20.5. The molecule has 9 heteroatoms. The van der Waals surface area contributed by atoms with Gasteiger partial charge in [0.15, 0.2) is 0 Å². The van der Waals surface area contributed by atoms with Crippen LogP contribution in [-0.4, -0.2) is 41.7 Å². The van der Waals surface area contributed by atoms with Crippen LogP contribution >= 0.6 is 12.8 Å². The van der Waals surface area contributed by atoms with Gasteiger partial charge in [-0.05, 0) is 55.7 Å². The first-order valence-electron chi connectivity index (χ1n) is 9.92. The van der Waals surface area contributed by atoms with Crippen molar-refractivity contribution in [2.75, 3.05) is 19.7 Å². The fraction of sp³-hybridized carbons (Fsp3) is 0.409. The molecule has 31 heavy (non-hydrogen) atoms. The third-order valence-corrected chi connectivity index (χ3v) is 5.88. The van der Waals surface area contributed by atoms with Crippen molar-refractivity contribution in [3.05, 3.63) is 59.4 Å². The van der Waals surface area contributed by atoms with E-state index in [1.54, 1.807) is 4.90 Å². The molecule has 0 radical (unpaired) electrons. The SMILES string of the molecule is CCN(C(=O)C1(CO)CC1c1ccc(F)cc1-c1c(F)cccc1F)[C@@H](C)CN.NS. The minimum Gasteiger partial charge on any atom is -0.395 e. The van der Waals surface area contributed by atoms with Crippen molar-refractivity contribution < 1.29 is 23.1 Å². The van der Waals surface area contributed by atoms with E-state index in [2.05, 4.69) is 18.0 Å². The summed E-state index contributed by atoms with van der Waals surface area (Å²) in [7, 11) is 0. The highest BCUT2D eigenvalue weighted by Crippen LogP contribution is 2.61. The molecule has 1 aliphatic carbocycles. The summed E-state index contributed by atoms with van der Waals surface area (Å²) in [5.74, 6) is -3.00. The Morgan fingerprint density at radius 2 is 1.87 bits per heavy atom. The summed E-state index contributed by atoms with van der Waals surface area (Å²) >= 11 is 3.03. The molecule has 5 nitrogen and oxygen atoms in total. The number of thiol groups is 1. The Morgan fingerprint density at radius 3 is 2.39 bits per heavy atom. The summed E-state index contributed by atoms with van der Waals surface area (Å²) in [5, 5.41) is 14.3. The van der Waals surface area contributed by atoms with E-state index in [4.69, 9.17) is 5.73 Å². The predicted octanol–water partition coefficient (Wildman–Crippen LogP) is 3.22. The lowest BCUT2D eigenvalue weighted by molar-refractivity contribution is -0.140. The lowest BCUT2D eigenvalue weighted by atomic mass is 9.91. The van der Waals surface area contributed by atoms with Crippen LogP contribution in [-0.2, 0) is 4.79 Å². The molecule has 1 saturated carbocycles. The van der Waals surface area contributed by atoms with Gasteiger partial charge in [0, 0.05) is 25.0 Å². The molecule has 170 valence electrons. The molecular weight excluding hydrogens is 427 g/mol. The Bertz CT molecular complexity index is 911. The first kappa shape index (κ1) is 25.2. The third kappa shape index (κ3) is 4.74. The number of hydrogen-bond donors (Lipinski definition) is 4. The van der Waals surface area contributed by atoms with Crippen LogP contribution in [0.25, 0.3) is 11.1 Å². The number of aliphatic hydroxyl groups excluding tert-OH is 1. The molecule has 3 atom stereocenters. The molecule has 0 heterocycles. The molecule has 0 aliphatic heterocycles. The molecule has 1 amide bonds. The van der Waals surface area contributed by atoms with Crippen LogP contribution in [0.15, 0.2) is 36.4 Å². The van der Waals surface area contributed by atoms with Crippen LogP contribution in [0, 0.1) is 22.9 Å². The van der Waals surface area contributed by atoms with Gasteiger partial charge >= 0.3 is 0 Å². The number of nitrogens with zero attached hydrogens (tertiary/aromatic N) is 1. The number of benzene rings is 2. The summed E-state index contributed by atoms with van der Waals surface area (Å²) in [6.45, 7) is 3.92. The largest absolute Gasteiger partial charge is 0.395 e. The summed E-state index contributed by atoms with van der Waals surface area (Å²) in [6, 6.07) is 6.94. The van der Waals surface area contributed by atoms with Crippen LogP contribution < -0.4 is 10.9 Å². The standard InChI is InChI=1S/C22H25F3N2O2.H3NS/c1-3-27(13(2)11-26)21(29)22(12-28)10-17(22)15-8-7-14(23)9-16(15)20-18(24)5-4-6-19(20)25;1-2/h4-9,13,17,28H,3,10-12,26H2,1-2H3;2H,1H2/t13-,17?,22?;/m0./s1. The zero-order valence-electron chi connectivity index (χ0n) is 17.5. The van der Waals surface area contributed by atoms with Gasteiger partial charge in [-0.3, -0.25) is 9.93 Å². The van der Waals surface area contributed by atoms with Gasteiger partial charge in [-0.25, -0.2) is 13.2 Å². The smallest absolute Gasteiger partial charge is 0.232 e. The molecular formula is C22H28F3N3O2S. The molecule has 0 bridgehead atoms. The lowest BCUT2D eigenvalue weighted by Gasteiger charge is -2.31. The molecule has 2 aromatic rings. The molecule has 1 aliphatic rings. The molecule has 3 rings (SSSR count). The van der Waals surface area contributed by atoms with Gasteiger partial charge in [-0.1, -0.05) is 12.1 Å². The number of nitrogens with two attached hydrogens (primary N) is 2. The van der Waals surface area contributed by atoms with Crippen LogP contribution in [0.5, 0.6) is 0 Å². The lowest BCUT2D eigenvalue weighted by Crippen LogP contribution is -2.47. The molecule has 0 spiro atoms. The average Bonchev–Trinajstić information content (AvgIpc) is 3.51. The Hall–Kier alpha value is -2.07. The van der Waals surface area contributed by atoms with Crippen molar-refractivity contribution in [2.45, 2.75) is 32.2 Å². The van der Waals surface area contributed by atoms with E-state index >= 15 is 0 Å². The highest BCUT2D eigenvalue weighted by molar-refractivity contribution is 7.77. The quantitative estimate of drug-likeness (QED) is 0.483. The number of aliphatic hydroxyl groups is 1. The van der Waals surface area contributed by atoms with E-state index in [0.717, 1.165) is 18.2 Å². The molecule has 2 unspecified atom stereocenters. The first-order valence-corrected chi connectivity index (χ1v) is 10.4. The van der Waals surface area contributed by atoms with Gasteiger partial charge in [-0.15, -0.1) is 12.8 Å². The number of carbonyl (C=O) groups excluding carboxylic acids is 1. The van der Waals surface area contributed by atoms with E-state index in [-0.39, 0.29) is 29.6 Å². The molecule has 0 aromatic heterocycles. The highest BCUT2D eigenvalue weighted by Gasteiger charge is 2.62. The minimum atomic E-state index is -1.10. The summed E-state index contributed by atoms with van der Waals surface area (Å²) in [6.07, 6.45) is 0.310. The van der Waals surface area contributed by atoms with Gasteiger partial charge in [0.2, 0.25) is 5.91 Å². The maximum atomic E-state index is 14.4. The molecule has 1 fully saturated rings. The Kier molecular flexibility index (Phi) is 8.53. The van der Waals surface area contributed by atoms with Crippen molar-refractivity contribution in [1.82, 2.24) is 4.90 Å². The van der Waals surface area contributed by atoms with E-state index in [1.807, 2.05) is 13.8 Å². The topological polar surface area (TPSA) is 92.6 Å². The maximum Gasteiger partial charge on any atom is 0.232 e. The predicted molar refractivity (Wildman–Crippen MR) is 118 cm³/mol. The molecule has 5 N–H and O–H groups in total. The van der Waals surface area contributed by atoms with E-state index in [1.165, 1.54) is 18.2 Å². The molecule has 0 saturated heterocycles. The highest BCUT2D eigenvalue weighted by atomic mass is 32.1. The summed E-state index contributed by atoms with van der Waals surface area (Å²) in [4.78, 5) is 14.8. The van der Waals surface area contributed by atoms with Gasteiger partial charge in [0.1, 0.15) is 17.5 Å². The Balaban J connectivity index is 0.00000166. The minimum absolute atomic E-state index is 0.0589. The number of carbonyl (C=O) groups is 1. The Morgan fingerprint density at radius 1 is 1.26 bits per heavy atom. The second kappa shape index (κ2) is 10.5. The zero-order chi connectivity index (χ0) is 23.3. The maximum absolute atomic E-state index is 14.4. The fourth-order valence-corrected chi connectivity index (χ4v) is 4.06. The number of hydrogen-bond acceptors (Lipinski definition) is 5. The van der Waals surface area contributed by atoms with Crippen molar-refractivity contribution in [3.63, 3.8) is 0 Å². The van der Waals surface area contributed by atoms with Crippen LogP contribution in [0.2, 0.25) is 0 Å². The number of likely N-dealkylation sites (N-methyl/N-ethyl adjacent to an activating group) is 1. The van der Waals surface area contributed by atoms with Crippen LogP contribution in [0.1, 0.15) is 31.7 Å². The van der Waals surface area contributed by atoms with Crippen molar-refractivity contribution in [1.29, 1.82) is 0 Å². The number of halogens is 3. The van der Waals surface area contributed by atoms with Crippen molar-refractivity contribution >= 4 is 18.7 Å². The van der Waals surface area contributed by atoms with Crippen LogP contribution in [0.3, 0.4) is 0 Å². The van der Waals surface area contributed by atoms with Gasteiger partial charge in [0.25, 0.3) is 0 Å². The number of rotatable bonds is 7. The number of amides is 1. The van der Waals surface area contributed by atoms with E-state index in [9.17, 15) is 23.1 Å². The third-order valence-electron chi connectivity index (χ3n) is 5.88. The summed E-state index contributed by atoms with van der Waals surface area (Å²) < 4.78 is 42.8.